The van der Waals surface area contributed by atoms with Crippen LogP contribution in [0.5, 0.6) is 0 Å². The van der Waals surface area contributed by atoms with Crippen molar-refractivity contribution in [3.05, 3.63) is 0 Å². The van der Waals surface area contributed by atoms with Crippen molar-refractivity contribution in [1.29, 1.82) is 0 Å². The van der Waals surface area contributed by atoms with E-state index in [4.69, 9.17) is 19.9 Å². The van der Waals surface area contributed by atoms with Crippen molar-refractivity contribution >= 4 is 5.91 Å². The number of amides is 1. The van der Waals surface area contributed by atoms with Gasteiger partial charge in [0.25, 0.3) is 0 Å². The van der Waals surface area contributed by atoms with Crippen LogP contribution in [-0.4, -0.2) is 57.6 Å². The van der Waals surface area contributed by atoms with Crippen molar-refractivity contribution in [2.45, 2.75) is 31.4 Å². The number of hydrogen-bond donors (Lipinski definition) is 2. The van der Waals surface area contributed by atoms with Gasteiger partial charge in [0.05, 0.1) is 31.8 Å². The van der Waals surface area contributed by atoms with Crippen LogP contribution in [0.3, 0.4) is 0 Å². The molecule has 0 aromatic heterocycles. The van der Waals surface area contributed by atoms with E-state index < -0.39 is 0 Å². The van der Waals surface area contributed by atoms with Gasteiger partial charge in [-0.3, -0.25) is 4.79 Å². The van der Waals surface area contributed by atoms with Crippen molar-refractivity contribution in [2.75, 3.05) is 39.6 Å². The van der Waals surface area contributed by atoms with E-state index in [1.807, 2.05) is 0 Å². The lowest BCUT2D eigenvalue weighted by Gasteiger charge is -2.13. The summed E-state index contributed by atoms with van der Waals surface area (Å²) in [5.41, 5.74) is 5.78. The topological polar surface area (TPSA) is 82.8 Å². The fourth-order valence-electron chi connectivity index (χ4n) is 2.35. The van der Waals surface area contributed by atoms with Crippen LogP contribution >= 0.6 is 0 Å². The minimum atomic E-state index is -0.201. The Morgan fingerprint density at radius 3 is 3.00 bits per heavy atom. The third-order valence-corrected chi connectivity index (χ3v) is 3.55. The zero-order valence-corrected chi connectivity index (χ0v) is 11.3. The summed E-state index contributed by atoms with van der Waals surface area (Å²) < 4.78 is 16.1. The molecule has 2 fully saturated rings. The fraction of sp³-hybridized carbons (Fsp3) is 0.923. The summed E-state index contributed by atoms with van der Waals surface area (Å²) in [6.45, 7) is 3.69. The maximum Gasteiger partial charge on any atom is 0.227 e. The molecule has 2 heterocycles. The summed E-state index contributed by atoms with van der Waals surface area (Å²) in [6, 6.07) is -0.171. The molecule has 110 valence electrons. The minimum absolute atomic E-state index is 0.0101. The maximum absolute atomic E-state index is 11.8. The van der Waals surface area contributed by atoms with Crippen LogP contribution in [0.1, 0.15) is 19.3 Å². The summed E-state index contributed by atoms with van der Waals surface area (Å²) >= 11 is 0. The largest absolute Gasteiger partial charge is 0.379 e. The highest BCUT2D eigenvalue weighted by molar-refractivity contribution is 5.79. The van der Waals surface area contributed by atoms with Gasteiger partial charge in [0.15, 0.2) is 0 Å². The highest BCUT2D eigenvalue weighted by Gasteiger charge is 2.30. The fourth-order valence-corrected chi connectivity index (χ4v) is 2.35. The number of ether oxygens (including phenoxy) is 3. The van der Waals surface area contributed by atoms with Gasteiger partial charge < -0.3 is 25.3 Å². The molecule has 3 unspecified atom stereocenters. The minimum Gasteiger partial charge on any atom is -0.379 e. The molecule has 0 aliphatic carbocycles. The Kier molecular flexibility index (Phi) is 6.03. The van der Waals surface area contributed by atoms with Crippen LogP contribution in [0.25, 0.3) is 0 Å². The molecule has 2 saturated heterocycles. The lowest BCUT2D eigenvalue weighted by atomic mass is 10.0. The van der Waals surface area contributed by atoms with Crippen LogP contribution in [0.4, 0.5) is 0 Å². The van der Waals surface area contributed by atoms with Gasteiger partial charge in [-0.2, -0.15) is 0 Å². The van der Waals surface area contributed by atoms with Gasteiger partial charge in [0, 0.05) is 25.8 Å². The summed E-state index contributed by atoms with van der Waals surface area (Å²) in [4.78, 5) is 11.8. The van der Waals surface area contributed by atoms with Gasteiger partial charge in [-0.1, -0.05) is 0 Å². The van der Waals surface area contributed by atoms with E-state index in [1.165, 1.54) is 0 Å². The first kappa shape index (κ1) is 14.7. The molecule has 3 atom stereocenters. The summed E-state index contributed by atoms with van der Waals surface area (Å²) in [6.07, 6.45) is 3.30. The molecule has 0 aromatic carbocycles. The summed E-state index contributed by atoms with van der Waals surface area (Å²) in [5, 5.41) is 2.87. The van der Waals surface area contributed by atoms with Gasteiger partial charge >= 0.3 is 0 Å². The van der Waals surface area contributed by atoms with Crippen molar-refractivity contribution in [3.63, 3.8) is 0 Å². The lowest BCUT2D eigenvalue weighted by Crippen LogP contribution is -2.41. The van der Waals surface area contributed by atoms with E-state index in [0.717, 1.165) is 25.9 Å². The predicted molar refractivity (Wildman–Crippen MR) is 69.7 cm³/mol. The quantitative estimate of drug-likeness (QED) is 0.620. The van der Waals surface area contributed by atoms with Crippen LogP contribution in [0.15, 0.2) is 0 Å². The maximum atomic E-state index is 11.8. The molecule has 1 amide bonds. The molecule has 0 saturated carbocycles. The average Bonchev–Trinajstić information content (AvgIpc) is 3.04. The monoisotopic (exact) mass is 272 g/mol. The number of nitrogens with two attached hydrogens (primary N) is 1. The van der Waals surface area contributed by atoms with Crippen molar-refractivity contribution in [3.8, 4) is 0 Å². The SMILES string of the molecule is NC1COCC1C(=O)NCCCOCC1CCCO1. The Bertz CT molecular complexity index is 282. The first-order valence-electron chi connectivity index (χ1n) is 7.08. The normalized spacial score (nSPS) is 30.7. The Hall–Kier alpha value is -0.690. The number of nitrogens with one attached hydrogen (secondary N) is 1. The number of carbonyl (C=O) groups is 1. The highest BCUT2D eigenvalue weighted by atomic mass is 16.5. The molecule has 6 heteroatoms. The van der Waals surface area contributed by atoms with Crippen LogP contribution in [0, 0.1) is 5.92 Å². The van der Waals surface area contributed by atoms with E-state index in [1.54, 1.807) is 0 Å². The lowest BCUT2D eigenvalue weighted by molar-refractivity contribution is -0.125. The molecule has 0 aromatic rings. The van der Waals surface area contributed by atoms with Gasteiger partial charge in [0.2, 0.25) is 5.91 Å². The molecular weight excluding hydrogens is 248 g/mol. The van der Waals surface area contributed by atoms with Gasteiger partial charge in [-0.15, -0.1) is 0 Å². The Balaban J connectivity index is 1.46. The standard InChI is InChI=1S/C13H24N2O4/c14-12-9-18-8-11(12)13(16)15-4-2-5-17-7-10-3-1-6-19-10/h10-12H,1-9,14H2,(H,15,16). The number of carbonyl (C=O) groups excluding carboxylic acids is 1. The number of rotatable bonds is 7. The Morgan fingerprint density at radius 1 is 1.42 bits per heavy atom. The molecule has 2 rings (SSSR count). The third kappa shape index (κ3) is 4.72. The molecule has 2 aliphatic heterocycles. The zero-order valence-electron chi connectivity index (χ0n) is 11.3. The Labute approximate surface area is 113 Å². The predicted octanol–water partition coefficient (Wildman–Crippen LogP) is -0.338. The first-order valence-corrected chi connectivity index (χ1v) is 7.08. The molecule has 2 aliphatic rings. The molecule has 0 radical (unpaired) electrons. The second-order valence-corrected chi connectivity index (χ2v) is 5.16. The smallest absolute Gasteiger partial charge is 0.227 e. The molecular formula is C13H24N2O4. The first-order chi connectivity index (χ1) is 9.27. The van der Waals surface area contributed by atoms with Crippen molar-refractivity contribution in [1.82, 2.24) is 5.32 Å². The average molecular weight is 272 g/mol. The molecule has 3 N–H and O–H groups in total. The molecule has 0 bridgehead atoms. The van der Waals surface area contributed by atoms with Crippen LogP contribution < -0.4 is 11.1 Å². The van der Waals surface area contributed by atoms with Gasteiger partial charge in [0.1, 0.15) is 0 Å². The van der Waals surface area contributed by atoms with E-state index in [9.17, 15) is 4.79 Å². The van der Waals surface area contributed by atoms with Crippen molar-refractivity contribution in [2.24, 2.45) is 11.7 Å². The number of hydrogen-bond acceptors (Lipinski definition) is 5. The summed E-state index contributed by atoms with van der Waals surface area (Å²) in [5.74, 6) is -0.211. The highest BCUT2D eigenvalue weighted by Crippen LogP contribution is 2.12. The Morgan fingerprint density at radius 2 is 2.32 bits per heavy atom. The zero-order chi connectivity index (χ0) is 13.5. The van der Waals surface area contributed by atoms with Gasteiger partial charge in [-0.05, 0) is 19.3 Å². The molecule has 0 spiro atoms. The van der Waals surface area contributed by atoms with Crippen LogP contribution in [-0.2, 0) is 19.0 Å². The summed E-state index contributed by atoms with van der Waals surface area (Å²) in [7, 11) is 0. The van der Waals surface area contributed by atoms with Crippen LogP contribution in [0.2, 0.25) is 0 Å². The third-order valence-electron chi connectivity index (χ3n) is 3.55. The molecule has 19 heavy (non-hydrogen) atoms. The second kappa shape index (κ2) is 7.79. The second-order valence-electron chi connectivity index (χ2n) is 5.16. The van der Waals surface area contributed by atoms with E-state index in [0.29, 0.717) is 33.0 Å². The van der Waals surface area contributed by atoms with E-state index in [2.05, 4.69) is 5.32 Å². The molecule has 6 nitrogen and oxygen atoms in total. The van der Waals surface area contributed by atoms with Crippen molar-refractivity contribution < 1.29 is 19.0 Å². The van der Waals surface area contributed by atoms with E-state index in [-0.39, 0.29) is 24.0 Å². The van der Waals surface area contributed by atoms with Gasteiger partial charge in [-0.25, -0.2) is 0 Å². The van der Waals surface area contributed by atoms with E-state index >= 15 is 0 Å².